The van der Waals surface area contributed by atoms with Crippen molar-refractivity contribution in [3.8, 4) is 0 Å². The summed E-state index contributed by atoms with van der Waals surface area (Å²) in [5.74, 6) is -0.106. The van der Waals surface area contributed by atoms with E-state index in [0.717, 1.165) is 11.1 Å². The van der Waals surface area contributed by atoms with Gasteiger partial charge >= 0.3 is 0 Å². The van der Waals surface area contributed by atoms with Gasteiger partial charge in [0.05, 0.1) is 27.9 Å². The molecule has 0 atom stereocenters. The largest absolute Gasteiger partial charge is 0.272 e. The predicted octanol–water partition coefficient (Wildman–Crippen LogP) is 1.85. The van der Waals surface area contributed by atoms with Gasteiger partial charge in [0.25, 0.3) is 5.91 Å². The lowest BCUT2D eigenvalue weighted by Crippen LogP contribution is -2.32. The van der Waals surface area contributed by atoms with E-state index >= 15 is 0 Å². The number of carbonyl (C=O) groups excluding carboxylic acids is 1. The zero-order chi connectivity index (χ0) is 12.9. The van der Waals surface area contributed by atoms with Gasteiger partial charge in [0.1, 0.15) is 0 Å². The van der Waals surface area contributed by atoms with Crippen molar-refractivity contribution >= 4 is 28.7 Å². The molecule has 6 heteroatoms. The highest BCUT2D eigenvalue weighted by Crippen LogP contribution is 2.29. The second-order valence-corrected chi connectivity index (χ2v) is 5.20. The molecule has 0 bridgehead atoms. The molecule has 1 amide bonds. The van der Waals surface area contributed by atoms with E-state index in [0.29, 0.717) is 10.7 Å². The smallest absolute Gasteiger partial charge is 0.251 e. The number of hydrogen-bond acceptors (Lipinski definition) is 3. The second kappa shape index (κ2) is 3.55. The fourth-order valence-corrected chi connectivity index (χ4v) is 2.19. The number of rotatable bonds is 1. The lowest BCUT2D eigenvalue weighted by atomic mass is 9.84. The van der Waals surface area contributed by atoms with Crippen LogP contribution < -0.4 is 5.43 Å². The van der Waals surface area contributed by atoms with Gasteiger partial charge in [0, 0.05) is 11.8 Å². The van der Waals surface area contributed by atoms with Crippen LogP contribution in [0, 0.1) is 5.41 Å². The Labute approximate surface area is 108 Å². The van der Waals surface area contributed by atoms with Crippen LogP contribution in [0.3, 0.4) is 0 Å². The van der Waals surface area contributed by atoms with E-state index in [2.05, 4.69) is 15.6 Å². The highest BCUT2D eigenvalue weighted by Gasteiger charge is 2.40. The maximum absolute atomic E-state index is 11.7. The van der Waals surface area contributed by atoms with Gasteiger partial charge in [-0.2, -0.15) is 10.2 Å². The van der Waals surface area contributed by atoms with Gasteiger partial charge in [-0.05, 0) is 26.0 Å². The second-order valence-electron chi connectivity index (χ2n) is 4.76. The molecule has 1 aliphatic heterocycles. The molecule has 0 fully saturated rings. The normalized spacial score (nSPS) is 17.9. The average molecular weight is 263 g/mol. The zero-order valence-electron chi connectivity index (χ0n) is 9.94. The van der Waals surface area contributed by atoms with E-state index in [1.54, 1.807) is 23.0 Å². The maximum Gasteiger partial charge on any atom is 0.251 e. The van der Waals surface area contributed by atoms with Gasteiger partial charge in [0.2, 0.25) is 0 Å². The summed E-state index contributed by atoms with van der Waals surface area (Å²) in [6.07, 6.45) is 3.42. The summed E-state index contributed by atoms with van der Waals surface area (Å²) in [6.45, 7) is 3.68. The summed E-state index contributed by atoms with van der Waals surface area (Å²) in [4.78, 5) is 11.7. The quantitative estimate of drug-likeness (QED) is 0.853. The first-order valence-corrected chi connectivity index (χ1v) is 5.90. The van der Waals surface area contributed by atoms with Crippen molar-refractivity contribution in [2.75, 3.05) is 0 Å². The summed E-state index contributed by atoms with van der Waals surface area (Å²) in [7, 11) is 0. The van der Waals surface area contributed by atoms with Crippen molar-refractivity contribution in [3.05, 3.63) is 35.1 Å². The molecule has 1 N–H and O–H groups in total. The molecule has 0 radical (unpaired) electrons. The standard InChI is InChI=1S/C12H11ClN4O/c1-12(2)10(15-16-11(12)18)8-5-14-17-6-7(13)3-4-9(8)17/h3-6H,1-2H3,(H,16,18). The van der Waals surface area contributed by atoms with Crippen molar-refractivity contribution in [2.24, 2.45) is 10.5 Å². The molecule has 1 aliphatic rings. The molecule has 92 valence electrons. The number of hydrogen-bond donors (Lipinski definition) is 1. The number of hydrazone groups is 1. The Morgan fingerprint density at radius 3 is 2.83 bits per heavy atom. The van der Waals surface area contributed by atoms with Crippen LogP contribution in [-0.2, 0) is 4.79 Å². The molecule has 3 heterocycles. The number of amides is 1. The summed E-state index contributed by atoms with van der Waals surface area (Å²) in [5.41, 5.74) is 4.28. The first kappa shape index (κ1) is 11.2. The summed E-state index contributed by atoms with van der Waals surface area (Å²) < 4.78 is 1.68. The summed E-state index contributed by atoms with van der Waals surface area (Å²) in [6, 6.07) is 3.66. The van der Waals surface area contributed by atoms with Crippen LogP contribution in [0.2, 0.25) is 5.02 Å². The Morgan fingerprint density at radius 2 is 2.17 bits per heavy atom. The van der Waals surface area contributed by atoms with Crippen LogP contribution in [0.25, 0.3) is 5.52 Å². The molecule has 0 unspecified atom stereocenters. The van der Waals surface area contributed by atoms with E-state index in [1.807, 2.05) is 19.9 Å². The van der Waals surface area contributed by atoms with E-state index in [1.165, 1.54) is 0 Å². The third-order valence-corrected chi connectivity index (χ3v) is 3.39. The van der Waals surface area contributed by atoms with Gasteiger partial charge in [-0.1, -0.05) is 11.6 Å². The van der Waals surface area contributed by atoms with Crippen molar-refractivity contribution in [3.63, 3.8) is 0 Å². The van der Waals surface area contributed by atoms with Crippen LogP contribution in [-0.4, -0.2) is 21.2 Å². The van der Waals surface area contributed by atoms with Gasteiger partial charge in [-0.3, -0.25) is 4.79 Å². The number of pyridine rings is 1. The average Bonchev–Trinajstić information content (AvgIpc) is 2.81. The minimum Gasteiger partial charge on any atom is -0.272 e. The molecule has 2 aromatic heterocycles. The van der Waals surface area contributed by atoms with Gasteiger partial charge < -0.3 is 0 Å². The van der Waals surface area contributed by atoms with Crippen molar-refractivity contribution in [2.45, 2.75) is 13.8 Å². The minimum atomic E-state index is -0.650. The fraction of sp³-hybridized carbons (Fsp3) is 0.250. The number of carbonyl (C=O) groups is 1. The zero-order valence-corrected chi connectivity index (χ0v) is 10.7. The first-order valence-electron chi connectivity index (χ1n) is 5.52. The van der Waals surface area contributed by atoms with Gasteiger partial charge in [0.15, 0.2) is 0 Å². The molecule has 0 saturated heterocycles. The number of halogens is 1. The molecular weight excluding hydrogens is 252 g/mol. The van der Waals surface area contributed by atoms with Gasteiger partial charge in [-0.25, -0.2) is 9.94 Å². The number of nitrogens with one attached hydrogen (secondary N) is 1. The Morgan fingerprint density at radius 1 is 1.39 bits per heavy atom. The van der Waals surface area contributed by atoms with E-state index < -0.39 is 5.41 Å². The Bertz CT molecular complexity index is 686. The molecule has 5 nitrogen and oxygen atoms in total. The van der Waals surface area contributed by atoms with Crippen LogP contribution in [0.15, 0.2) is 29.6 Å². The van der Waals surface area contributed by atoms with Crippen LogP contribution in [0.4, 0.5) is 0 Å². The minimum absolute atomic E-state index is 0.106. The Kier molecular flexibility index (Phi) is 2.22. The molecule has 0 aliphatic carbocycles. The third kappa shape index (κ3) is 1.44. The predicted molar refractivity (Wildman–Crippen MR) is 68.7 cm³/mol. The monoisotopic (exact) mass is 262 g/mol. The van der Waals surface area contributed by atoms with Crippen LogP contribution in [0.5, 0.6) is 0 Å². The lowest BCUT2D eigenvalue weighted by Gasteiger charge is -2.15. The number of nitrogens with zero attached hydrogens (tertiary/aromatic N) is 3. The number of aromatic nitrogens is 2. The van der Waals surface area contributed by atoms with E-state index in [4.69, 9.17) is 11.6 Å². The molecule has 2 aromatic rings. The van der Waals surface area contributed by atoms with Gasteiger partial charge in [-0.15, -0.1) is 0 Å². The van der Waals surface area contributed by atoms with E-state index in [-0.39, 0.29) is 5.91 Å². The Balaban J connectivity index is 2.19. The first-order chi connectivity index (χ1) is 8.50. The molecule has 18 heavy (non-hydrogen) atoms. The molecule has 3 rings (SSSR count). The van der Waals surface area contributed by atoms with Crippen LogP contribution in [0.1, 0.15) is 19.4 Å². The summed E-state index contributed by atoms with van der Waals surface area (Å²) >= 11 is 5.91. The fourth-order valence-electron chi connectivity index (χ4n) is 2.03. The molecule has 0 saturated carbocycles. The van der Waals surface area contributed by atoms with Crippen molar-refractivity contribution < 1.29 is 4.79 Å². The van der Waals surface area contributed by atoms with Crippen molar-refractivity contribution in [1.29, 1.82) is 0 Å². The molecule has 0 spiro atoms. The lowest BCUT2D eigenvalue weighted by molar-refractivity contribution is -0.125. The molecular formula is C12H11ClN4O. The summed E-state index contributed by atoms with van der Waals surface area (Å²) in [5, 5.41) is 8.95. The van der Waals surface area contributed by atoms with Crippen molar-refractivity contribution in [1.82, 2.24) is 15.0 Å². The molecule has 0 aromatic carbocycles. The topological polar surface area (TPSA) is 58.8 Å². The van der Waals surface area contributed by atoms with Crippen LogP contribution >= 0.6 is 11.6 Å². The highest BCUT2D eigenvalue weighted by atomic mass is 35.5. The number of fused-ring (bicyclic) bond motifs is 1. The SMILES string of the molecule is CC1(C)C(=O)NN=C1c1cnn2cc(Cl)ccc12. The van der Waals surface area contributed by atoms with E-state index in [9.17, 15) is 4.79 Å². The Hall–Kier alpha value is -1.88. The highest BCUT2D eigenvalue weighted by molar-refractivity contribution is 6.30. The maximum atomic E-state index is 11.7. The third-order valence-electron chi connectivity index (χ3n) is 3.16.